The van der Waals surface area contributed by atoms with Gasteiger partial charge < -0.3 is 15.2 Å². The highest BCUT2D eigenvalue weighted by Crippen LogP contribution is 2.27. The van der Waals surface area contributed by atoms with Crippen LogP contribution in [0.5, 0.6) is 11.5 Å². The molecule has 0 aliphatic heterocycles. The van der Waals surface area contributed by atoms with Crippen LogP contribution in [-0.4, -0.2) is 16.7 Å². The Kier molecular flexibility index (Phi) is 4.02. The molecule has 1 aromatic heterocycles. The fourth-order valence-corrected chi connectivity index (χ4v) is 1.61. The molecular weight excluding hydrogens is 228 g/mol. The molecule has 0 bridgehead atoms. The second-order valence-electron chi connectivity index (χ2n) is 3.83. The number of benzene rings is 1. The van der Waals surface area contributed by atoms with Crippen molar-refractivity contribution in [2.45, 2.75) is 13.5 Å². The number of nitrogens with one attached hydrogen (secondary N) is 1. The van der Waals surface area contributed by atoms with Gasteiger partial charge in [0.05, 0.1) is 12.3 Å². The molecular formula is C14H16N2O2. The summed E-state index contributed by atoms with van der Waals surface area (Å²) in [6.07, 6.45) is 3.50. The number of aromatic nitrogens is 1. The highest BCUT2D eigenvalue weighted by atomic mass is 16.5. The van der Waals surface area contributed by atoms with Gasteiger partial charge in [-0.25, -0.2) is 0 Å². The molecule has 4 heteroatoms. The van der Waals surface area contributed by atoms with E-state index in [9.17, 15) is 5.11 Å². The number of anilines is 1. The number of rotatable bonds is 5. The zero-order chi connectivity index (χ0) is 12.8. The molecule has 1 aromatic carbocycles. The number of phenolic OH excluding ortho intramolecular Hbond substituents is 1. The highest BCUT2D eigenvalue weighted by molar-refractivity contribution is 5.45. The lowest BCUT2D eigenvalue weighted by atomic mass is 10.2. The molecule has 2 aromatic rings. The standard InChI is InChI=1S/C14H16N2O2/c1-2-18-14-8-11(5-6-13(14)17)9-16-12-4-3-7-15-10-12/h3-8,10,16-17H,2,9H2,1H3. The van der Waals surface area contributed by atoms with Crippen LogP contribution in [0.4, 0.5) is 5.69 Å². The van der Waals surface area contributed by atoms with Crippen LogP contribution in [-0.2, 0) is 6.54 Å². The number of nitrogens with zero attached hydrogens (tertiary/aromatic N) is 1. The molecule has 94 valence electrons. The predicted molar refractivity (Wildman–Crippen MR) is 70.8 cm³/mol. The third-order valence-corrected chi connectivity index (χ3v) is 2.48. The molecule has 0 fully saturated rings. The first kappa shape index (κ1) is 12.2. The summed E-state index contributed by atoms with van der Waals surface area (Å²) in [5.41, 5.74) is 2.00. The van der Waals surface area contributed by atoms with E-state index in [2.05, 4.69) is 10.3 Å². The third kappa shape index (κ3) is 3.13. The summed E-state index contributed by atoms with van der Waals surface area (Å²) in [6, 6.07) is 9.18. The van der Waals surface area contributed by atoms with E-state index < -0.39 is 0 Å². The number of pyridine rings is 1. The monoisotopic (exact) mass is 244 g/mol. The number of aromatic hydroxyl groups is 1. The lowest BCUT2D eigenvalue weighted by Gasteiger charge is -2.09. The minimum Gasteiger partial charge on any atom is -0.504 e. The summed E-state index contributed by atoms with van der Waals surface area (Å²) in [5.74, 6) is 0.685. The number of hydrogen-bond donors (Lipinski definition) is 2. The zero-order valence-corrected chi connectivity index (χ0v) is 10.3. The van der Waals surface area contributed by atoms with Gasteiger partial charge in [0, 0.05) is 18.9 Å². The Morgan fingerprint density at radius 2 is 2.22 bits per heavy atom. The lowest BCUT2D eigenvalue weighted by molar-refractivity contribution is 0.318. The molecule has 0 unspecified atom stereocenters. The molecule has 0 spiro atoms. The Bertz CT molecular complexity index is 500. The molecule has 18 heavy (non-hydrogen) atoms. The Morgan fingerprint density at radius 1 is 1.33 bits per heavy atom. The molecule has 2 rings (SSSR count). The second-order valence-corrected chi connectivity index (χ2v) is 3.83. The maximum atomic E-state index is 9.60. The molecule has 0 saturated carbocycles. The molecule has 0 amide bonds. The van der Waals surface area contributed by atoms with Crippen LogP contribution in [0.15, 0.2) is 42.7 Å². The van der Waals surface area contributed by atoms with Crippen molar-refractivity contribution in [2.75, 3.05) is 11.9 Å². The van der Waals surface area contributed by atoms with E-state index in [0.717, 1.165) is 11.3 Å². The van der Waals surface area contributed by atoms with Crippen LogP contribution in [0.2, 0.25) is 0 Å². The van der Waals surface area contributed by atoms with E-state index in [1.165, 1.54) is 0 Å². The smallest absolute Gasteiger partial charge is 0.161 e. The number of phenols is 1. The summed E-state index contributed by atoms with van der Waals surface area (Å²) in [6.45, 7) is 3.08. The Hall–Kier alpha value is -2.23. The molecule has 0 radical (unpaired) electrons. The van der Waals surface area contributed by atoms with Gasteiger partial charge in [-0.1, -0.05) is 6.07 Å². The summed E-state index contributed by atoms with van der Waals surface area (Å²) in [5, 5.41) is 12.8. The van der Waals surface area contributed by atoms with Gasteiger partial charge in [0.1, 0.15) is 0 Å². The molecule has 0 atom stereocenters. The minimum absolute atomic E-state index is 0.168. The van der Waals surface area contributed by atoms with Crippen LogP contribution in [0.3, 0.4) is 0 Å². The quantitative estimate of drug-likeness (QED) is 0.849. The predicted octanol–water partition coefficient (Wildman–Crippen LogP) is 2.80. The van der Waals surface area contributed by atoms with Gasteiger partial charge in [0.2, 0.25) is 0 Å². The maximum Gasteiger partial charge on any atom is 0.161 e. The van der Waals surface area contributed by atoms with Crippen LogP contribution >= 0.6 is 0 Å². The normalized spacial score (nSPS) is 10.1. The number of hydrogen-bond acceptors (Lipinski definition) is 4. The van der Waals surface area contributed by atoms with E-state index in [1.54, 1.807) is 18.5 Å². The average molecular weight is 244 g/mol. The topological polar surface area (TPSA) is 54.4 Å². The largest absolute Gasteiger partial charge is 0.504 e. The first-order valence-corrected chi connectivity index (χ1v) is 5.88. The fourth-order valence-electron chi connectivity index (χ4n) is 1.61. The Balaban J connectivity index is 2.03. The van der Waals surface area contributed by atoms with Gasteiger partial charge >= 0.3 is 0 Å². The van der Waals surface area contributed by atoms with Crippen LogP contribution < -0.4 is 10.1 Å². The average Bonchev–Trinajstić information content (AvgIpc) is 2.41. The van der Waals surface area contributed by atoms with Gasteiger partial charge in [-0.2, -0.15) is 0 Å². The molecule has 4 nitrogen and oxygen atoms in total. The van der Waals surface area contributed by atoms with E-state index in [1.807, 2.05) is 31.2 Å². The minimum atomic E-state index is 0.168. The van der Waals surface area contributed by atoms with Crippen LogP contribution in [0.25, 0.3) is 0 Å². The van der Waals surface area contributed by atoms with E-state index in [4.69, 9.17) is 4.74 Å². The third-order valence-electron chi connectivity index (χ3n) is 2.48. The van der Waals surface area contributed by atoms with Gasteiger partial charge in [-0.3, -0.25) is 4.98 Å². The molecule has 2 N–H and O–H groups in total. The van der Waals surface area contributed by atoms with Crippen molar-refractivity contribution in [3.63, 3.8) is 0 Å². The fraction of sp³-hybridized carbons (Fsp3) is 0.214. The Labute approximate surface area is 106 Å². The molecule has 0 aliphatic rings. The molecule has 1 heterocycles. The van der Waals surface area contributed by atoms with Gasteiger partial charge in [0.25, 0.3) is 0 Å². The SMILES string of the molecule is CCOc1cc(CNc2cccnc2)ccc1O. The van der Waals surface area contributed by atoms with E-state index in [-0.39, 0.29) is 5.75 Å². The van der Waals surface area contributed by atoms with Crippen molar-refractivity contribution in [1.82, 2.24) is 4.98 Å². The summed E-state index contributed by atoms with van der Waals surface area (Å²) < 4.78 is 5.34. The van der Waals surface area contributed by atoms with Gasteiger partial charge in [-0.15, -0.1) is 0 Å². The van der Waals surface area contributed by atoms with E-state index >= 15 is 0 Å². The Morgan fingerprint density at radius 3 is 2.94 bits per heavy atom. The van der Waals surface area contributed by atoms with Crippen LogP contribution in [0, 0.1) is 0 Å². The summed E-state index contributed by atoms with van der Waals surface area (Å²) >= 11 is 0. The van der Waals surface area contributed by atoms with Crippen LogP contribution in [0.1, 0.15) is 12.5 Å². The van der Waals surface area contributed by atoms with Gasteiger partial charge in [-0.05, 0) is 36.8 Å². The number of ether oxygens (including phenoxy) is 1. The van der Waals surface area contributed by atoms with Crippen molar-refractivity contribution >= 4 is 5.69 Å². The second kappa shape index (κ2) is 5.91. The summed E-state index contributed by atoms with van der Waals surface area (Å²) in [7, 11) is 0. The van der Waals surface area contributed by atoms with Crippen molar-refractivity contribution in [2.24, 2.45) is 0 Å². The van der Waals surface area contributed by atoms with E-state index in [0.29, 0.717) is 18.9 Å². The van der Waals surface area contributed by atoms with Crippen molar-refractivity contribution < 1.29 is 9.84 Å². The molecule has 0 saturated heterocycles. The van der Waals surface area contributed by atoms with Crippen molar-refractivity contribution in [3.8, 4) is 11.5 Å². The maximum absolute atomic E-state index is 9.60. The highest BCUT2D eigenvalue weighted by Gasteiger charge is 2.03. The lowest BCUT2D eigenvalue weighted by Crippen LogP contribution is -2.00. The first-order valence-electron chi connectivity index (χ1n) is 5.88. The first-order chi connectivity index (χ1) is 8.79. The zero-order valence-electron chi connectivity index (χ0n) is 10.3. The van der Waals surface area contributed by atoms with Gasteiger partial charge in [0.15, 0.2) is 11.5 Å². The molecule has 0 aliphatic carbocycles. The van der Waals surface area contributed by atoms with Crippen molar-refractivity contribution in [1.29, 1.82) is 0 Å². The summed E-state index contributed by atoms with van der Waals surface area (Å²) in [4.78, 5) is 4.03. The van der Waals surface area contributed by atoms with Crippen molar-refractivity contribution in [3.05, 3.63) is 48.3 Å².